The fourth-order valence-electron chi connectivity index (χ4n) is 2.77. The molecule has 19 heavy (non-hydrogen) atoms. The number of piperidine rings is 1. The standard InChI is InChI=1S/C14H25NO4/c1-17-8-9-19-13-5-2-6-15(10-13)14(16)12-4-3-7-18-11-12/h12-13H,2-11H2,1H3/t12-,13-/m0/s1. The van der Waals surface area contributed by atoms with Crippen LogP contribution in [0.4, 0.5) is 0 Å². The van der Waals surface area contributed by atoms with Crippen LogP contribution in [0.15, 0.2) is 0 Å². The zero-order valence-electron chi connectivity index (χ0n) is 11.8. The van der Waals surface area contributed by atoms with Crippen molar-refractivity contribution < 1.29 is 19.0 Å². The number of methoxy groups -OCH3 is 1. The van der Waals surface area contributed by atoms with Gasteiger partial charge in [0.05, 0.1) is 31.8 Å². The van der Waals surface area contributed by atoms with E-state index in [-0.39, 0.29) is 17.9 Å². The molecule has 2 rings (SSSR count). The van der Waals surface area contributed by atoms with Gasteiger partial charge in [0, 0.05) is 26.8 Å². The van der Waals surface area contributed by atoms with Gasteiger partial charge in [-0.25, -0.2) is 0 Å². The summed E-state index contributed by atoms with van der Waals surface area (Å²) in [5.74, 6) is 0.311. The molecule has 5 heteroatoms. The number of rotatable bonds is 5. The minimum absolute atomic E-state index is 0.0616. The molecular weight excluding hydrogens is 246 g/mol. The molecule has 2 aliphatic heterocycles. The summed E-state index contributed by atoms with van der Waals surface area (Å²) in [5.41, 5.74) is 0. The van der Waals surface area contributed by atoms with Crippen molar-refractivity contribution in [2.45, 2.75) is 31.8 Å². The van der Waals surface area contributed by atoms with E-state index < -0.39 is 0 Å². The highest BCUT2D eigenvalue weighted by atomic mass is 16.5. The van der Waals surface area contributed by atoms with Gasteiger partial charge in [-0.15, -0.1) is 0 Å². The van der Waals surface area contributed by atoms with Crippen molar-refractivity contribution in [2.24, 2.45) is 5.92 Å². The average Bonchev–Trinajstić information content (AvgIpc) is 2.48. The first-order valence-corrected chi connectivity index (χ1v) is 7.28. The molecule has 0 spiro atoms. The average molecular weight is 271 g/mol. The number of hydrogen-bond acceptors (Lipinski definition) is 4. The Labute approximate surface area is 115 Å². The number of carbonyl (C=O) groups is 1. The second kappa shape index (κ2) is 7.82. The molecule has 5 nitrogen and oxygen atoms in total. The van der Waals surface area contributed by atoms with E-state index in [1.165, 1.54) is 0 Å². The van der Waals surface area contributed by atoms with Crippen LogP contribution in [0, 0.1) is 5.92 Å². The van der Waals surface area contributed by atoms with Crippen LogP contribution in [-0.4, -0.2) is 63.5 Å². The third kappa shape index (κ3) is 4.44. The van der Waals surface area contributed by atoms with E-state index in [9.17, 15) is 4.79 Å². The van der Waals surface area contributed by atoms with Crippen LogP contribution in [0.25, 0.3) is 0 Å². The first-order valence-electron chi connectivity index (χ1n) is 7.28. The molecule has 0 aromatic carbocycles. The Morgan fingerprint density at radius 3 is 2.95 bits per heavy atom. The largest absolute Gasteiger partial charge is 0.382 e. The summed E-state index contributed by atoms with van der Waals surface area (Å²) in [4.78, 5) is 14.4. The highest BCUT2D eigenvalue weighted by Crippen LogP contribution is 2.20. The molecule has 2 fully saturated rings. The normalized spacial score (nSPS) is 28.4. The van der Waals surface area contributed by atoms with E-state index in [1.807, 2.05) is 4.90 Å². The van der Waals surface area contributed by atoms with E-state index in [0.29, 0.717) is 19.8 Å². The van der Waals surface area contributed by atoms with Crippen molar-refractivity contribution in [3.05, 3.63) is 0 Å². The number of nitrogens with zero attached hydrogens (tertiary/aromatic N) is 1. The zero-order valence-corrected chi connectivity index (χ0v) is 11.8. The van der Waals surface area contributed by atoms with Crippen LogP contribution in [0.2, 0.25) is 0 Å². The lowest BCUT2D eigenvalue weighted by Gasteiger charge is -2.35. The van der Waals surface area contributed by atoms with E-state index >= 15 is 0 Å². The monoisotopic (exact) mass is 271 g/mol. The Kier molecular flexibility index (Phi) is 6.07. The predicted molar refractivity (Wildman–Crippen MR) is 71.0 cm³/mol. The SMILES string of the molecule is COCCO[C@H]1CCCN(C(=O)[C@H]2CCCOC2)C1. The van der Waals surface area contributed by atoms with Crippen LogP contribution in [-0.2, 0) is 19.0 Å². The highest BCUT2D eigenvalue weighted by Gasteiger charge is 2.30. The molecule has 0 unspecified atom stereocenters. The highest BCUT2D eigenvalue weighted by molar-refractivity contribution is 5.79. The van der Waals surface area contributed by atoms with Crippen molar-refractivity contribution in [3.8, 4) is 0 Å². The molecule has 0 saturated carbocycles. The van der Waals surface area contributed by atoms with Crippen molar-refractivity contribution in [2.75, 3.05) is 46.6 Å². The molecule has 0 bridgehead atoms. The number of ether oxygens (including phenoxy) is 3. The molecule has 0 aromatic rings. The quantitative estimate of drug-likeness (QED) is 0.702. The molecule has 1 amide bonds. The van der Waals surface area contributed by atoms with Crippen molar-refractivity contribution >= 4 is 5.91 Å². The van der Waals surface area contributed by atoms with E-state index in [2.05, 4.69) is 0 Å². The number of carbonyl (C=O) groups excluding carboxylic acids is 1. The molecule has 0 radical (unpaired) electrons. The molecule has 110 valence electrons. The maximum absolute atomic E-state index is 12.4. The Morgan fingerprint density at radius 1 is 1.32 bits per heavy atom. The van der Waals surface area contributed by atoms with E-state index in [1.54, 1.807) is 7.11 Å². The molecule has 0 aromatic heterocycles. The summed E-state index contributed by atoms with van der Waals surface area (Å²) in [5, 5.41) is 0. The van der Waals surface area contributed by atoms with Gasteiger partial charge in [0.25, 0.3) is 0 Å². The fraction of sp³-hybridized carbons (Fsp3) is 0.929. The van der Waals surface area contributed by atoms with Gasteiger partial charge < -0.3 is 19.1 Å². The van der Waals surface area contributed by atoms with Crippen LogP contribution < -0.4 is 0 Å². The molecule has 0 N–H and O–H groups in total. The van der Waals surface area contributed by atoms with Gasteiger partial charge in [-0.05, 0) is 25.7 Å². The van der Waals surface area contributed by atoms with Gasteiger partial charge in [0.2, 0.25) is 5.91 Å². The smallest absolute Gasteiger partial charge is 0.228 e. The maximum atomic E-state index is 12.4. The summed E-state index contributed by atoms with van der Waals surface area (Å²) in [6.45, 7) is 4.19. The minimum atomic E-state index is 0.0616. The number of hydrogen-bond donors (Lipinski definition) is 0. The second-order valence-electron chi connectivity index (χ2n) is 5.33. The van der Waals surface area contributed by atoms with E-state index in [4.69, 9.17) is 14.2 Å². The van der Waals surface area contributed by atoms with Crippen molar-refractivity contribution in [3.63, 3.8) is 0 Å². The molecule has 2 heterocycles. The Morgan fingerprint density at radius 2 is 2.21 bits per heavy atom. The van der Waals surface area contributed by atoms with Gasteiger partial charge in [-0.2, -0.15) is 0 Å². The summed E-state index contributed by atoms with van der Waals surface area (Å²) >= 11 is 0. The van der Waals surface area contributed by atoms with Gasteiger partial charge in [-0.3, -0.25) is 4.79 Å². The van der Waals surface area contributed by atoms with Crippen LogP contribution >= 0.6 is 0 Å². The Hall–Kier alpha value is -0.650. The van der Waals surface area contributed by atoms with Gasteiger partial charge >= 0.3 is 0 Å². The summed E-state index contributed by atoms with van der Waals surface area (Å²) in [6.07, 6.45) is 4.19. The van der Waals surface area contributed by atoms with E-state index in [0.717, 1.165) is 45.4 Å². The molecule has 2 saturated heterocycles. The molecular formula is C14H25NO4. The summed E-state index contributed by atoms with van der Waals surface area (Å²) in [7, 11) is 1.67. The van der Waals surface area contributed by atoms with Crippen molar-refractivity contribution in [1.29, 1.82) is 0 Å². The first-order chi connectivity index (χ1) is 9.31. The zero-order chi connectivity index (χ0) is 13.5. The first kappa shape index (κ1) is 14.8. The molecule has 2 atom stereocenters. The topological polar surface area (TPSA) is 48.0 Å². The fourth-order valence-corrected chi connectivity index (χ4v) is 2.77. The summed E-state index contributed by atoms with van der Waals surface area (Å²) < 4.78 is 16.1. The lowest BCUT2D eigenvalue weighted by molar-refractivity contribution is -0.144. The third-order valence-electron chi connectivity index (χ3n) is 3.84. The third-order valence-corrected chi connectivity index (χ3v) is 3.84. The Balaban J connectivity index is 1.77. The lowest BCUT2D eigenvalue weighted by Crippen LogP contribution is -2.47. The van der Waals surface area contributed by atoms with Crippen LogP contribution in [0.1, 0.15) is 25.7 Å². The maximum Gasteiger partial charge on any atom is 0.228 e. The van der Waals surface area contributed by atoms with Crippen molar-refractivity contribution in [1.82, 2.24) is 4.90 Å². The second-order valence-corrected chi connectivity index (χ2v) is 5.33. The van der Waals surface area contributed by atoms with Crippen LogP contribution in [0.5, 0.6) is 0 Å². The lowest BCUT2D eigenvalue weighted by atomic mass is 9.98. The summed E-state index contributed by atoms with van der Waals surface area (Å²) in [6, 6.07) is 0. The predicted octanol–water partition coefficient (Wildman–Crippen LogP) is 1.07. The van der Waals surface area contributed by atoms with Crippen LogP contribution in [0.3, 0.4) is 0 Å². The minimum Gasteiger partial charge on any atom is -0.382 e. The number of likely N-dealkylation sites (tertiary alicyclic amines) is 1. The molecule has 0 aliphatic carbocycles. The van der Waals surface area contributed by atoms with Gasteiger partial charge in [0.15, 0.2) is 0 Å². The Bertz CT molecular complexity index is 279. The van der Waals surface area contributed by atoms with Gasteiger partial charge in [-0.1, -0.05) is 0 Å². The molecule has 2 aliphatic rings. The van der Waals surface area contributed by atoms with Gasteiger partial charge in [0.1, 0.15) is 0 Å². The number of amides is 1.